The average molecular weight is 182 g/mol. The van der Waals surface area contributed by atoms with E-state index in [4.69, 9.17) is 4.74 Å². The van der Waals surface area contributed by atoms with E-state index in [0.29, 0.717) is 11.9 Å². The van der Waals surface area contributed by atoms with Crippen LogP contribution in [-0.2, 0) is 9.53 Å². The van der Waals surface area contributed by atoms with E-state index >= 15 is 0 Å². The van der Waals surface area contributed by atoms with E-state index in [1.807, 2.05) is 0 Å². The van der Waals surface area contributed by atoms with Gasteiger partial charge in [0.15, 0.2) is 0 Å². The molecule has 2 nitrogen and oxygen atoms in total. The number of carbonyl (C=O) groups excluding carboxylic acids is 1. The van der Waals surface area contributed by atoms with Crippen LogP contribution >= 0.6 is 0 Å². The highest BCUT2D eigenvalue weighted by molar-refractivity contribution is 5.75. The molecule has 1 heterocycles. The van der Waals surface area contributed by atoms with Crippen LogP contribution in [0.1, 0.15) is 46.0 Å². The standard InChI is InChI=1S/C11H18O2/c1-8(12)3-4-9-5-6-11(2)10(7-9)13-11/h9-10H,3-7H2,1-2H3. The Morgan fingerprint density at radius 3 is 3.00 bits per heavy atom. The summed E-state index contributed by atoms with van der Waals surface area (Å²) in [6.45, 7) is 3.89. The molecule has 2 heteroatoms. The highest BCUT2D eigenvalue weighted by atomic mass is 16.6. The Balaban J connectivity index is 1.75. The zero-order valence-corrected chi connectivity index (χ0v) is 8.51. The van der Waals surface area contributed by atoms with Gasteiger partial charge in [-0.05, 0) is 45.4 Å². The summed E-state index contributed by atoms with van der Waals surface area (Å²) in [5.41, 5.74) is 0.229. The molecule has 0 radical (unpaired) electrons. The normalized spacial score (nSPS) is 42.6. The quantitative estimate of drug-likeness (QED) is 0.627. The molecule has 2 fully saturated rings. The second kappa shape index (κ2) is 3.09. The third-order valence-electron chi connectivity index (χ3n) is 3.54. The smallest absolute Gasteiger partial charge is 0.129 e. The fraction of sp³-hybridized carbons (Fsp3) is 0.909. The molecule has 1 aliphatic carbocycles. The van der Waals surface area contributed by atoms with Gasteiger partial charge in [-0.15, -0.1) is 0 Å². The average Bonchev–Trinajstić information content (AvgIpc) is 2.72. The van der Waals surface area contributed by atoms with Crippen molar-refractivity contribution in [2.75, 3.05) is 0 Å². The third kappa shape index (κ3) is 1.93. The van der Waals surface area contributed by atoms with Crippen LogP contribution in [0.4, 0.5) is 0 Å². The van der Waals surface area contributed by atoms with Crippen LogP contribution in [0.25, 0.3) is 0 Å². The second-order valence-electron chi connectivity index (χ2n) is 4.80. The number of ketones is 1. The molecular formula is C11H18O2. The lowest BCUT2D eigenvalue weighted by Crippen LogP contribution is -2.21. The number of hydrogen-bond donors (Lipinski definition) is 0. The lowest BCUT2D eigenvalue weighted by molar-refractivity contribution is -0.117. The first kappa shape index (κ1) is 9.20. The lowest BCUT2D eigenvalue weighted by Gasteiger charge is -2.21. The molecule has 1 saturated heterocycles. The van der Waals surface area contributed by atoms with Crippen LogP contribution in [0.5, 0.6) is 0 Å². The molecule has 3 unspecified atom stereocenters. The van der Waals surface area contributed by atoms with Crippen molar-refractivity contribution in [3.05, 3.63) is 0 Å². The molecule has 0 aromatic carbocycles. The maximum atomic E-state index is 10.8. The number of Topliss-reactive ketones (excluding diaryl/α,β-unsaturated/α-hetero) is 1. The first-order chi connectivity index (χ1) is 6.10. The van der Waals surface area contributed by atoms with Crippen LogP contribution in [-0.4, -0.2) is 17.5 Å². The largest absolute Gasteiger partial charge is 0.366 e. The number of fused-ring (bicyclic) bond motifs is 1. The number of hydrogen-bond acceptors (Lipinski definition) is 2. The van der Waals surface area contributed by atoms with E-state index in [0.717, 1.165) is 18.8 Å². The SMILES string of the molecule is CC(=O)CCC1CCC2(C)OC2C1. The predicted octanol–water partition coefficient (Wildman–Crippen LogP) is 2.31. The van der Waals surface area contributed by atoms with Gasteiger partial charge in [0.25, 0.3) is 0 Å². The van der Waals surface area contributed by atoms with Crippen molar-refractivity contribution in [1.29, 1.82) is 0 Å². The van der Waals surface area contributed by atoms with E-state index in [1.165, 1.54) is 19.3 Å². The zero-order chi connectivity index (χ0) is 9.47. The van der Waals surface area contributed by atoms with Gasteiger partial charge in [-0.25, -0.2) is 0 Å². The molecule has 0 N–H and O–H groups in total. The first-order valence-electron chi connectivity index (χ1n) is 5.27. The monoisotopic (exact) mass is 182 g/mol. The number of rotatable bonds is 3. The molecule has 13 heavy (non-hydrogen) atoms. The third-order valence-corrected chi connectivity index (χ3v) is 3.54. The zero-order valence-electron chi connectivity index (χ0n) is 8.51. The Bertz CT molecular complexity index is 224. The van der Waals surface area contributed by atoms with Gasteiger partial charge in [0.2, 0.25) is 0 Å². The van der Waals surface area contributed by atoms with Gasteiger partial charge in [-0.1, -0.05) is 0 Å². The van der Waals surface area contributed by atoms with Gasteiger partial charge in [0, 0.05) is 6.42 Å². The number of ether oxygens (including phenoxy) is 1. The maximum Gasteiger partial charge on any atom is 0.129 e. The number of carbonyl (C=O) groups is 1. The molecule has 1 saturated carbocycles. The van der Waals surface area contributed by atoms with E-state index in [-0.39, 0.29) is 5.60 Å². The Morgan fingerprint density at radius 2 is 2.38 bits per heavy atom. The summed E-state index contributed by atoms with van der Waals surface area (Å²) in [5.74, 6) is 1.06. The highest BCUT2D eigenvalue weighted by Crippen LogP contribution is 2.49. The summed E-state index contributed by atoms with van der Waals surface area (Å²) in [6.07, 6.45) is 5.97. The summed E-state index contributed by atoms with van der Waals surface area (Å²) in [6, 6.07) is 0. The van der Waals surface area contributed by atoms with Crippen molar-refractivity contribution < 1.29 is 9.53 Å². The van der Waals surface area contributed by atoms with E-state index in [1.54, 1.807) is 6.92 Å². The topological polar surface area (TPSA) is 29.6 Å². The minimum atomic E-state index is 0.229. The molecule has 2 rings (SSSR count). The van der Waals surface area contributed by atoms with Crippen molar-refractivity contribution in [2.24, 2.45) is 5.92 Å². The second-order valence-corrected chi connectivity index (χ2v) is 4.80. The Kier molecular flexibility index (Phi) is 2.18. The minimum absolute atomic E-state index is 0.229. The van der Waals surface area contributed by atoms with Crippen molar-refractivity contribution in [3.8, 4) is 0 Å². The van der Waals surface area contributed by atoms with Crippen molar-refractivity contribution in [2.45, 2.75) is 57.7 Å². The van der Waals surface area contributed by atoms with E-state index in [2.05, 4.69) is 6.92 Å². The van der Waals surface area contributed by atoms with Gasteiger partial charge >= 0.3 is 0 Å². The van der Waals surface area contributed by atoms with Crippen molar-refractivity contribution in [3.63, 3.8) is 0 Å². The van der Waals surface area contributed by atoms with Crippen LogP contribution in [0, 0.1) is 5.92 Å². The van der Waals surface area contributed by atoms with Gasteiger partial charge in [0.1, 0.15) is 5.78 Å². The summed E-state index contributed by atoms with van der Waals surface area (Å²) in [5, 5.41) is 0. The van der Waals surface area contributed by atoms with Crippen molar-refractivity contribution in [1.82, 2.24) is 0 Å². The fourth-order valence-electron chi connectivity index (χ4n) is 2.39. The molecule has 74 valence electrons. The van der Waals surface area contributed by atoms with Crippen LogP contribution < -0.4 is 0 Å². The predicted molar refractivity (Wildman–Crippen MR) is 50.5 cm³/mol. The summed E-state index contributed by atoms with van der Waals surface area (Å²) in [7, 11) is 0. The lowest BCUT2D eigenvalue weighted by atomic mass is 9.80. The van der Waals surface area contributed by atoms with Crippen molar-refractivity contribution >= 4 is 5.78 Å². The molecule has 1 aliphatic heterocycles. The highest BCUT2D eigenvalue weighted by Gasteiger charge is 2.54. The summed E-state index contributed by atoms with van der Waals surface area (Å²) in [4.78, 5) is 10.8. The number of epoxide rings is 1. The molecule has 3 atom stereocenters. The Morgan fingerprint density at radius 1 is 1.62 bits per heavy atom. The van der Waals surface area contributed by atoms with Crippen LogP contribution in [0.2, 0.25) is 0 Å². The molecule has 0 aromatic rings. The summed E-state index contributed by atoms with van der Waals surface area (Å²) >= 11 is 0. The Labute approximate surface area is 79.7 Å². The first-order valence-corrected chi connectivity index (χ1v) is 5.27. The van der Waals surface area contributed by atoms with Gasteiger partial charge in [-0.3, -0.25) is 0 Å². The molecule has 0 spiro atoms. The van der Waals surface area contributed by atoms with Gasteiger partial charge < -0.3 is 9.53 Å². The van der Waals surface area contributed by atoms with Crippen LogP contribution in [0.3, 0.4) is 0 Å². The molecule has 0 bridgehead atoms. The summed E-state index contributed by atoms with van der Waals surface area (Å²) < 4.78 is 5.62. The molecular weight excluding hydrogens is 164 g/mol. The molecule has 2 aliphatic rings. The minimum Gasteiger partial charge on any atom is -0.366 e. The Hall–Kier alpha value is -0.370. The maximum absolute atomic E-state index is 10.8. The molecule has 0 aromatic heterocycles. The van der Waals surface area contributed by atoms with Gasteiger partial charge in [0.05, 0.1) is 11.7 Å². The van der Waals surface area contributed by atoms with Crippen LogP contribution in [0.15, 0.2) is 0 Å². The van der Waals surface area contributed by atoms with Gasteiger partial charge in [-0.2, -0.15) is 0 Å². The van der Waals surface area contributed by atoms with E-state index < -0.39 is 0 Å². The fourth-order valence-corrected chi connectivity index (χ4v) is 2.39. The van der Waals surface area contributed by atoms with E-state index in [9.17, 15) is 4.79 Å². The molecule has 0 amide bonds.